The molecule has 21 heavy (non-hydrogen) atoms. The standard InChI is InChI=1S/C15H28N2O4/c1-6-7-11(15(20)21)16-14(19)13(10(4)5)17-12(18)8-9(2)3/h9-11,13H,6-8H2,1-5H3,(H,16,19)(H,17,18)(H,20,21). The summed E-state index contributed by atoms with van der Waals surface area (Å²) >= 11 is 0. The van der Waals surface area contributed by atoms with E-state index in [0.717, 1.165) is 0 Å². The molecule has 2 unspecified atom stereocenters. The molecule has 0 spiro atoms. The second-order valence-corrected chi connectivity index (χ2v) is 6.08. The maximum atomic E-state index is 12.2. The van der Waals surface area contributed by atoms with Crippen LogP contribution in [-0.4, -0.2) is 35.0 Å². The highest BCUT2D eigenvalue weighted by atomic mass is 16.4. The fourth-order valence-electron chi connectivity index (χ4n) is 1.95. The summed E-state index contributed by atoms with van der Waals surface area (Å²) in [5.74, 6) is -1.60. The van der Waals surface area contributed by atoms with Gasteiger partial charge in [0.25, 0.3) is 0 Å². The first-order valence-electron chi connectivity index (χ1n) is 7.51. The van der Waals surface area contributed by atoms with Crippen molar-refractivity contribution in [3.8, 4) is 0 Å². The summed E-state index contributed by atoms with van der Waals surface area (Å²) in [5, 5.41) is 14.3. The molecule has 0 heterocycles. The van der Waals surface area contributed by atoms with Gasteiger partial charge in [0.05, 0.1) is 0 Å². The number of carboxylic acid groups (broad SMARTS) is 1. The second kappa shape index (κ2) is 9.37. The summed E-state index contributed by atoms with van der Waals surface area (Å²) in [4.78, 5) is 35.1. The highest BCUT2D eigenvalue weighted by Crippen LogP contribution is 2.06. The Bertz CT molecular complexity index is 367. The van der Waals surface area contributed by atoms with Crippen LogP contribution >= 0.6 is 0 Å². The van der Waals surface area contributed by atoms with Gasteiger partial charge >= 0.3 is 5.97 Å². The number of nitrogens with one attached hydrogen (secondary N) is 2. The van der Waals surface area contributed by atoms with Crippen molar-refractivity contribution in [3.63, 3.8) is 0 Å². The number of carbonyl (C=O) groups is 3. The molecule has 6 nitrogen and oxygen atoms in total. The first-order chi connectivity index (χ1) is 9.68. The van der Waals surface area contributed by atoms with Crippen molar-refractivity contribution in [2.24, 2.45) is 11.8 Å². The summed E-state index contributed by atoms with van der Waals surface area (Å²) < 4.78 is 0. The van der Waals surface area contributed by atoms with Gasteiger partial charge in [0.1, 0.15) is 12.1 Å². The molecule has 0 bridgehead atoms. The van der Waals surface area contributed by atoms with Crippen molar-refractivity contribution < 1.29 is 19.5 Å². The van der Waals surface area contributed by atoms with Gasteiger partial charge in [-0.1, -0.05) is 41.0 Å². The van der Waals surface area contributed by atoms with Crippen LogP contribution in [0.15, 0.2) is 0 Å². The highest BCUT2D eigenvalue weighted by Gasteiger charge is 2.28. The van der Waals surface area contributed by atoms with Crippen LogP contribution in [0, 0.1) is 11.8 Å². The molecule has 0 radical (unpaired) electrons. The van der Waals surface area contributed by atoms with Crippen LogP contribution in [0.5, 0.6) is 0 Å². The van der Waals surface area contributed by atoms with Crippen LogP contribution < -0.4 is 10.6 Å². The fraction of sp³-hybridized carbons (Fsp3) is 0.800. The number of carboxylic acids is 1. The Labute approximate surface area is 126 Å². The largest absolute Gasteiger partial charge is 0.480 e. The van der Waals surface area contributed by atoms with Crippen molar-refractivity contribution >= 4 is 17.8 Å². The van der Waals surface area contributed by atoms with E-state index in [-0.39, 0.29) is 17.7 Å². The minimum Gasteiger partial charge on any atom is -0.480 e. The Kier molecular flexibility index (Phi) is 8.66. The monoisotopic (exact) mass is 300 g/mol. The lowest BCUT2D eigenvalue weighted by atomic mass is 10.0. The molecule has 0 aromatic carbocycles. The molecule has 0 rings (SSSR count). The highest BCUT2D eigenvalue weighted by molar-refractivity contribution is 5.90. The Morgan fingerprint density at radius 3 is 2.00 bits per heavy atom. The Balaban J connectivity index is 4.75. The van der Waals surface area contributed by atoms with Gasteiger partial charge in [0, 0.05) is 6.42 Å². The number of rotatable bonds is 9. The molecular weight excluding hydrogens is 272 g/mol. The summed E-state index contributed by atoms with van der Waals surface area (Å²) in [6.45, 7) is 9.33. The fourth-order valence-corrected chi connectivity index (χ4v) is 1.95. The molecule has 0 saturated heterocycles. The van der Waals surface area contributed by atoms with Gasteiger partial charge in [0.2, 0.25) is 11.8 Å². The predicted molar refractivity (Wildman–Crippen MR) is 80.7 cm³/mol. The summed E-state index contributed by atoms with van der Waals surface area (Å²) in [5.41, 5.74) is 0. The predicted octanol–water partition coefficient (Wildman–Crippen LogP) is 1.54. The van der Waals surface area contributed by atoms with E-state index < -0.39 is 24.0 Å². The van der Waals surface area contributed by atoms with Crippen molar-refractivity contribution in [3.05, 3.63) is 0 Å². The van der Waals surface area contributed by atoms with Crippen LogP contribution in [0.1, 0.15) is 53.9 Å². The summed E-state index contributed by atoms with van der Waals surface area (Å²) in [7, 11) is 0. The molecule has 0 aromatic heterocycles. The quantitative estimate of drug-likeness (QED) is 0.602. The molecule has 0 aromatic rings. The number of amides is 2. The minimum absolute atomic E-state index is 0.114. The van der Waals surface area contributed by atoms with Gasteiger partial charge < -0.3 is 15.7 Å². The maximum absolute atomic E-state index is 12.2. The van der Waals surface area contributed by atoms with E-state index in [0.29, 0.717) is 19.3 Å². The third kappa shape index (κ3) is 7.68. The molecule has 0 aliphatic rings. The number of hydrogen-bond acceptors (Lipinski definition) is 3. The maximum Gasteiger partial charge on any atom is 0.326 e. The third-order valence-corrected chi connectivity index (χ3v) is 3.05. The van der Waals surface area contributed by atoms with Gasteiger partial charge in [-0.3, -0.25) is 9.59 Å². The smallest absolute Gasteiger partial charge is 0.326 e. The van der Waals surface area contributed by atoms with E-state index in [9.17, 15) is 14.4 Å². The molecule has 122 valence electrons. The number of carbonyl (C=O) groups excluding carboxylic acids is 2. The molecule has 0 saturated carbocycles. The zero-order chi connectivity index (χ0) is 16.6. The minimum atomic E-state index is -1.05. The molecule has 0 aliphatic heterocycles. The summed E-state index contributed by atoms with van der Waals surface area (Å²) in [6.07, 6.45) is 1.36. The second-order valence-electron chi connectivity index (χ2n) is 6.08. The lowest BCUT2D eigenvalue weighted by Gasteiger charge is -2.24. The first-order valence-corrected chi connectivity index (χ1v) is 7.51. The molecule has 3 N–H and O–H groups in total. The molecule has 6 heteroatoms. The summed E-state index contributed by atoms with van der Waals surface area (Å²) in [6, 6.07) is -1.62. The molecular formula is C15H28N2O4. The lowest BCUT2D eigenvalue weighted by molar-refractivity contribution is -0.142. The van der Waals surface area contributed by atoms with Crippen LogP contribution in [0.25, 0.3) is 0 Å². The molecule has 0 aliphatic carbocycles. The van der Waals surface area contributed by atoms with Crippen LogP contribution in [0.4, 0.5) is 0 Å². The average Bonchev–Trinajstić information content (AvgIpc) is 2.33. The Morgan fingerprint density at radius 2 is 1.62 bits per heavy atom. The zero-order valence-corrected chi connectivity index (χ0v) is 13.6. The van der Waals surface area contributed by atoms with Gasteiger partial charge in [-0.05, 0) is 18.3 Å². The van der Waals surface area contributed by atoms with Crippen LogP contribution in [-0.2, 0) is 14.4 Å². The van der Waals surface area contributed by atoms with Crippen molar-refractivity contribution in [2.75, 3.05) is 0 Å². The number of aliphatic carboxylic acids is 1. The Hall–Kier alpha value is -1.59. The molecule has 2 atom stereocenters. The van der Waals surface area contributed by atoms with E-state index >= 15 is 0 Å². The average molecular weight is 300 g/mol. The van der Waals surface area contributed by atoms with Crippen LogP contribution in [0.3, 0.4) is 0 Å². The van der Waals surface area contributed by atoms with Crippen molar-refractivity contribution in [1.29, 1.82) is 0 Å². The van der Waals surface area contributed by atoms with Gasteiger partial charge in [-0.15, -0.1) is 0 Å². The normalized spacial score (nSPS) is 13.9. The SMILES string of the molecule is CCCC(NC(=O)C(NC(=O)CC(C)C)C(C)C)C(=O)O. The van der Waals surface area contributed by atoms with Gasteiger partial charge in [0.15, 0.2) is 0 Å². The third-order valence-electron chi connectivity index (χ3n) is 3.05. The van der Waals surface area contributed by atoms with E-state index in [1.165, 1.54) is 0 Å². The van der Waals surface area contributed by atoms with Crippen molar-refractivity contribution in [2.45, 2.75) is 66.0 Å². The van der Waals surface area contributed by atoms with E-state index in [2.05, 4.69) is 10.6 Å². The first kappa shape index (κ1) is 19.4. The van der Waals surface area contributed by atoms with E-state index in [4.69, 9.17) is 5.11 Å². The van der Waals surface area contributed by atoms with E-state index in [1.54, 1.807) is 0 Å². The topological polar surface area (TPSA) is 95.5 Å². The zero-order valence-electron chi connectivity index (χ0n) is 13.6. The van der Waals surface area contributed by atoms with Crippen LogP contribution in [0.2, 0.25) is 0 Å². The van der Waals surface area contributed by atoms with Gasteiger partial charge in [-0.2, -0.15) is 0 Å². The van der Waals surface area contributed by atoms with Crippen molar-refractivity contribution in [1.82, 2.24) is 10.6 Å². The van der Waals surface area contributed by atoms with E-state index in [1.807, 2.05) is 34.6 Å². The molecule has 0 fully saturated rings. The number of hydrogen-bond donors (Lipinski definition) is 3. The lowest BCUT2D eigenvalue weighted by Crippen LogP contribution is -2.53. The molecule has 2 amide bonds. The van der Waals surface area contributed by atoms with Gasteiger partial charge in [-0.25, -0.2) is 4.79 Å². The Morgan fingerprint density at radius 1 is 1.05 bits per heavy atom.